The molecular weight excluding hydrogens is 385 g/mol. The molecule has 0 saturated carbocycles. The number of carbonyl (C=O) groups excluding carboxylic acids is 1. The van der Waals surface area contributed by atoms with Crippen LogP contribution < -0.4 is 15.6 Å². The van der Waals surface area contributed by atoms with Gasteiger partial charge in [0.2, 0.25) is 5.43 Å². The minimum Gasteiger partial charge on any atom is -0.352 e. The second kappa shape index (κ2) is 8.54. The van der Waals surface area contributed by atoms with Crippen molar-refractivity contribution in [2.75, 3.05) is 31.1 Å². The summed E-state index contributed by atoms with van der Waals surface area (Å²) in [6, 6.07) is 4.77. The van der Waals surface area contributed by atoms with Crippen LogP contribution in [0, 0.1) is 5.82 Å². The summed E-state index contributed by atoms with van der Waals surface area (Å²) in [4.78, 5) is 36.0. The summed E-state index contributed by atoms with van der Waals surface area (Å²) in [5.41, 5.74) is 0.593. The monoisotopic (exact) mass is 407 g/mol. The Kier molecular flexibility index (Phi) is 5.67. The molecule has 1 fully saturated rings. The van der Waals surface area contributed by atoms with E-state index in [0.717, 1.165) is 18.7 Å². The largest absolute Gasteiger partial charge is 0.352 e. The van der Waals surface area contributed by atoms with Crippen molar-refractivity contribution in [2.24, 2.45) is 0 Å². The average Bonchev–Trinajstić information content (AvgIpc) is 2.79. The zero-order valence-electron chi connectivity index (χ0n) is 16.6. The third-order valence-corrected chi connectivity index (χ3v) is 5.12. The highest BCUT2D eigenvalue weighted by Gasteiger charge is 2.21. The van der Waals surface area contributed by atoms with Gasteiger partial charge in [0.1, 0.15) is 5.65 Å². The molecule has 0 aromatic carbocycles. The van der Waals surface area contributed by atoms with Gasteiger partial charge in [-0.3, -0.25) is 14.6 Å². The van der Waals surface area contributed by atoms with Crippen molar-refractivity contribution in [2.45, 2.75) is 13.5 Å². The number of ketones is 1. The first kappa shape index (κ1) is 19.9. The number of hydrogen-bond donors (Lipinski definition) is 1. The third kappa shape index (κ3) is 3.86. The van der Waals surface area contributed by atoms with Gasteiger partial charge >= 0.3 is 0 Å². The number of nitrogens with one attached hydrogen (secondary N) is 1. The molecule has 3 aromatic heterocycles. The Morgan fingerprint density at radius 2 is 2.13 bits per heavy atom. The van der Waals surface area contributed by atoms with E-state index in [4.69, 9.17) is 0 Å². The SMILES string of the molecule is CCn1cc(C(=O)C=Cc2cccnc2)c(=O)c2cc(F)c(N3CCNCC3)nc21. The summed E-state index contributed by atoms with van der Waals surface area (Å²) in [6.45, 7) is 5.15. The molecule has 3 aromatic rings. The Hall–Kier alpha value is -3.39. The fraction of sp³-hybridized carbons (Fsp3) is 0.273. The fourth-order valence-electron chi connectivity index (χ4n) is 3.53. The van der Waals surface area contributed by atoms with Crippen LogP contribution in [-0.4, -0.2) is 46.5 Å². The number of aromatic nitrogens is 3. The summed E-state index contributed by atoms with van der Waals surface area (Å²) < 4.78 is 16.6. The molecule has 154 valence electrons. The van der Waals surface area contributed by atoms with Crippen LogP contribution in [0.1, 0.15) is 22.8 Å². The number of pyridine rings is 3. The van der Waals surface area contributed by atoms with E-state index in [0.29, 0.717) is 25.3 Å². The summed E-state index contributed by atoms with van der Waals surface area (Å²) >= 11 is 0. The number of carbonyl (C=O) groups is 1. The normalized spacial score (nSPS) is 14.5. The Labute approximate surface area is 172 Å². The number of fused-ring (bicyclic) bond motifs is 1. The second-order valence-corrected chi connectivity index (χ2v) is 7.04. The first-order chi connectivity index (χ1) is 14.6. The maximum atomic E-state index is 14.8. The Morgan fingerprint density at radius 1 is 1.33 bits per heavy atom. The van der Waals surface area contributed by atoms with Gasteiger partial charge in [-0.05, 0) is 36.8 Å². The minimum absolute atomic E-state index is 0.0133. The molecule has 8 heteroatoms. The van der Waals surface area contributed by atoms with Gasteiger partial charge in [-0.25, -0.2) is 9.37 Å². The second-order valence-electron chi connectivity index (χ2n) is 7.04. The summed E-state index contributed by atoms with van der Waals surface area (Å²) in [5.74, 6) is -0.764. The smallest absolute Gasteiger partial charge is 0.202 e. The summed E-state index contributed by atoms with van der Waals surface area (Å²) in [7, 11) is 0. The Balaban J connectivity index is 1.77. The van der Waals surface area contributed by atoms with Crippen molar-refractivity contribution in [1.29, 1.82) is 0 Å². The van der Waals surface area contributed by atoms with Crippen LogP contribution in [0.25, 0.3) is 17.1 Å². The molecule has 1 saturated heterocycles. The van der Waals surface area contributed by atoms with Gasteiger partial charge in [0, 0.05) is 51.3 Å². The molecule has 4 rings (SSSR count). The molecule has 0 atom stereocenters. The number of aryl methyl sites for hydroxylation is 1. The molecule has 1 N–H and O–H groups in total. The van der Waals surface area contributed by atoms with E-state index in [1.165, 1.54) is 18.3 Å². The first-order valence-electron chi connectivity index (χ1n) is 9.90. The zero-order valence-corrected chi connectivity index (χ0v) is 16.6. The highest BCUT2D eigenvalue weighted by Crippen LogP contribution is 2.22. The highest BCUT2D eigenvalue weighted by atomic mass is 19.1. The number of piperazine rings is 1. The third-order valence-electron chi connectivity index (χ3n) is 5.12. The molecule has 1 aliphatic heterocycles. The van der Waals surface area contributed by atoms with Gasteiger partial charge in [0.15, 0.2) is 17.4 Å². The Bertz CT molecular complexity index is 1170. The van der Waals surface area contributed by atoms with E-state index in [2.05, 4.69) is 15.3 Å². The van der Waals surface area contributed by atoms with Crippen LogP contribution in [-0.2, 0) is 6.54 Å². The van der Waals surface area contributed by atoms with Crippen LogP contribution in [0.5, 0.6) is 0 Å². The van der Waals surface area contributed by atoms with Crippen LogP contribution in [0.15, 0.2) is 47.7 Å². The van der Waals surface area contributed by atoms with Crippen molar-refractivity contribution in [3.05, 3.63) is 70.0 Å². The van der Waals surface area contributed by atoms with E-state index in [9.17, 15) is 14.0 Å². The van der Waals surface area contributed by atoms with Crippen LogP contribution in [0.4, 0.5) is 10.2 Å². The number of hydrogen-bond acceptors (Lipinski definition) is 6. The molecule has 7 nitrogen and oxygen atoms in total. The van der Waals surface area contributed by atoms with E-state index >= 15 is 0 Å². The van der Waals surface area contributed by atoms with Gasteiger partial charge in [-0.15, -0.1) is 0 Å². The lowest BCUT2D eigenvalue weighted by atomic mass is 10.1. The zero-order chi connectivity index (χ0) is 21.1. The van der Waals surface area contributed by atoms with Crippen LogP contribution >= 0.6 is 0 Å². The van der Waals surface area contributed by atoms with Gasteiger partial charge in [0.05, 0.1) is 10.9 Å². The predicted molar refractivity (Wildman–Crippen MR) is 114 cm³/mol. The van der Waals surface area contributed by atoms with Crippen molar-refractivity contribution < 1.29 is 9.18 Å². The maximum absolute atomic E-state index is 14.8. The molecule has 0 bridgehead atoms. The van der Waals surface area contributed by atoms with Crippen LogP contribution in [0.2, 0.25) is 0 Å². The summed E-state index contributed by atoms with van der Waals surface area (Å²) in [5, 5.41) is 3.33. The number of rotatable bonds is 5. The number of halogens is 1. The molecule has 0 spiro atoms. The van der Waals surface area contributed by atoms with Crippen LogP contribution in [0.3, 0.4) is 0 Å². The molecule has 0 unspecified atom stereocenters. The quantitative estimate of drug-likeness (QED) is 0.516. The lowest BCUT2D eigenvalue weighted by molar-refractivity contribution is 0.104. The molecule has 1 aliphatic rings. The predicted octanol–water partition coefficient (Wildman–Crippen LogP) is 2.26. The van der Waals surface area contributed by atoms with Gasteiger partial charge in [-0.1, -0.05) is 6.07 Å². The van der Waals surface area contributed by atoms with Crippen molar-refractivity contribution in [1.82, 2.24) is 19.9 Å². The fourth-order valence-corrected chi connectivity index (χ4v) is 3.53. The van der Waals surface area contributed by atoms with Gasteiger partial charge < -0.3 is 14.8 Å². The van der Waals surface area contributed by atoms with Crippen molar-refractivity contribution in [3.8, 4) is 0 Å². The Morgan fingerprint density at radius 3 is 2.83 bits per heavy atom. The maximum Gasteiger partial charge on any atom is 0.202 e. The number of allylic oxidation sites excluding steroid dienone is 1. The van der Waals surface area contributed by atoms with Crippen molar-refractivity contribution in [3.63, 3.8) is 0 Å². The standard InChI is InChI=1S/C22H22FN5O2/c1-2-27-14-17(19(29)6-5-15-4-3-7-25-13-15)20(30)16-12-18(23)22(26-21(16)27)28-10-8-24-9-11-28/h3-7,12-14,24H,2,8-11H2,1H3. The topological polar surface area (TPSA) is 80.1 Å². The van der Waals surface area contributed by atoms with Gasteiger partial charge in [-0.2, -0.15) is 0 Å². The molecule has 0 aliphatic carbocycles. The number of nitrogens with zero attached hydrogens (tertiary/aromatic N) is 4. The average molecular weight is 407 g/mol. The highest BCUT2D eigenvalue weighted by molar-refractivity contribution is 6.08. The molecule has 30 heavy (non-hydrogen) atoms. The van der Waals surface area contributed by atoms with Gasteiger partial charge in [0.25, 0.3) is 0 Å². The van der Waals surface area contributed by atoms with E-state index in [1.54, 1.807) is 35.2 Å². The first-order valence-corrected chi connectivity index (χ1v) is 9.90. The van der Waals surface area contributed by atoms with E-state index in [1.807, 2.05) is 11.8 Å². The lowest BCUT2D eigenvalue weighted by Crippen LogP contribution is -2.44. The van der Waals surface area contributed by atoms with E-state index in [-0.39, 0.29) is 16.8 Å². The molecule has 0 radical (unpaired) electrons. The van der Waals surface area contributed by atoms with Crippen molar-refractivity contribution >= 4 is 28.7 Å². The minimum atomic E-state index is -0.556. The van der Waals surface area contributed by atoms with E-state index < -0.39 is 17.0 Å². The molecule has 4 heterocycles. The lowest BCUT2D eigenvalue weighted by Gasteiger charge is -2.29. The summed E-state index contributed by atoms with van der Waals surface area (Å²) in [6.07, 6.45) is 7.69. The molecular formula is C22H22FN5O2. The number of anilines is 1. The molecule has 0 amide bonds.